The van der Waals surface area contributed by atoms with E-state index in [0.29, 0.717) is 0 Å². The molecular weight excluding hydrogens is 190 g/mol. The van der Waals surface area contributed by atoms with Gasteiger partial charge in [0.15, 0.2) is 0 Å². The second kappa shape index (κ2) is 4.53. The molecule has 3 N–H and O–H groups in total. The van der Waals surface area contributed by atoms with Gasteiger partial charge >= 0.3 is 0 Å². The zero-order valence-corrected chi connectivity index (χ0v) is 9.58. The first kappa shape index (κ1) is 11.9. The Hall–Kier alpha value is -1.22. The fraction of sp³-hybridized carbons (Fsp3) is 0.500. The van der Waals surface area contributed by atoms with Crippen molar-refractivity contribution in [3.05, 3.63) is 23.8 Å². The molecule has 0 aromatic heterocycles. The summed E-state index contributed by atoms with van der Waals surface area (Å²) in [6.07, 6.45) is 0.867. The van der Waals surface area contributed by atoms with Crippen molar-refractivity contribution in [3.8, 4) is 5.75 Å². The summed E-state index contributed by atoms with van der Waals surface area (Å²) in [7, 11) is 0. The highest BCUT2D eigenvalue weighted by atomic mass is 16.5. The van der Waals surface area contributed by atoms with Crippen LogP contribution in [0.2, 0.25) is 0 Å². The number of ether oxygens (including phenoxy) is 1. The minimum absolute atomic E-state index is 0.282. The van der Waals surface area contributed by atoms with Gasteiger partial charge in [-0.3, -0.25) is 0 Å². The van der Waals surface area contributed by atoms with E-state index in [4.69, 9.17) is 10.5 Å². The Morgan fingerprint density at radius 3 is 2.60 bits per heavy atom. The molecule has 0 aliphatic heterocycles. The molecule has 0 saturated carbocycles. The third-order valence-electron chi connectivity index (χ3n) is 2.05. The zero-order chi connectivity index (χ0) is 11.5. The van der Waals surface area contributed by atoms with Crippen LogP contribution in [0.4, 0.5) is 5.69 Å². The monoisotopic (exact) mass is 209 g/mol. The lowest BCUT2D eigenvalue weighted by atomic mass is 10.1. The van der Waals surface area contributed by atoms with Gasteiger partial charge in [0, 0.05) is 5.69 Å². The van der Waals surface area contributed by atoms with Crippen LogP contribution < -0.4 is 10.5 Å². The van der Waals surface area contributed by atoms with Crippen LogP contribution in [0.1, 0.15) is 26.3 Å². The van der Waals surface area contributed by atoms with Crippen LogP contribution in [-0.4, -0.2) is 17.3 Å². The molecule has 0 unspecified atom stereocenters. The second-order valence-electron chi connectivity index (χ2n) is 4.32. The largest absolute Gasteiger partial charge is 0.490 e. The highest BCUT2D eigenvalue weighted by Crippen LogP contribution is 2.22. The number of benzene rings is 1. The molecule has 1 aromatic rings. The standard InChI is InChI=1S/C12H19NO2/c1-4-9-7-10(13)5-6-11(9)15-8-12(2,3)14/h5-7,14H,4,8,13H2,1-3H3. The van der Waals surface area contributed by atoms with Gasteiger partial charge in [-0.1, -0.05) is 6.92 Å². The molecule has 0 fully saturated rings. The predicted molar refractivity (Wildman–Crippen MR) is 62.0 cm³/mol. The summed E-state index contributed by atoms with van der Waals surface area (Å²) in [5.74, 6) is 0.800. The molecule has 84 valence electrons. The number of hydrogen-bond acceptors (Lipinski definition) is 3. The minimum Gasteiger partial charge on any atom is -0.490 e. The molecule has 0 saturated heterocycles. The number of nitrogens with two attached hydrogens (primary N) is 1. The van der Waals surface area contributed by atoms with Gasteiger partial charge in [-0.25, -0.2) is 0 Å². The summed E-state index contributed by atoms with van der Waals surface area (Å²) in [6, 6.07) is 5.55. The smallest absolute Gasteiger partial charge is 0.122 e. The van der Waals surface area contributed by atoms with Gasteiger partial charge in [0.1, 0.15) is 12.4 Å². The van der Waals surface area contributed by atoms with Gasteiger partial charge < -0.3 is 15.6 Å². The van der Waals surface area contributed by atoms with Crippen molar-refractivity contribution in [1.82, 2.24) is 0 Å². The second-order valence-corrected chi connectivity index (χ2v) is 4.32. The summed E-state index contributed by atoms with van der Waals surface area (Å²) in [4.78, 5) is 0. The van der Waals surface area contributed by atoms with Crippen molar-refractivity contribution in [3.63, 3.8) is 0 Å². The lowest BCUT2D eigenvalue weighted by molar-refractivity contribution is 0.0282. The van der Waals surface area contributed by atoms with Crippen LogP contribution in [0.5, 0.6) is 5.75 Å². The first-order chi connectivity index (χ1) is 6.92. The Kier molecular flexibility index (Phi) is 3.58. The zero-order valence-electron chi connectivity index (χ0n) is 9.58. The van der Waals surface area contributed by atoms with E-state index in [2.05, 4.69) is 0 Å². The summed E-state index contributed by atoms with van der Waals surface area (Å²) in [6.45, 7) is 5.77. The molecule has 0 spiro atoms. The van der Waals surface area contributed by atoms with Gasteiger partial charge in [-0.15, -0.1) is 0 Å². The molecule has 0 aliphatic rings. The summed E-state index contributed by atoms with van der Waals surface area (Å²) in [5.41, 5.74) is 6.67. The van der Waals surface area contributed by atoms with Crippen LogP contribution in [-0.2, 0) is 6.42 Å². The fourth-order valence-corrected chi connectivity index (χ4v) is 1.27. The number of anilines is 1. The van der Waals surface area contributed by atoms with E-state index in [9.17, 15) is 5.11 Å². The van der Waals surface area contributed by atoms with E-state index >= 15 is 0 Å². The topological polar surface area (TPSA) is 55.5 Å². The maximum Gasteiger partial charge on any atom is 0.122 e. The Morgan fingerprint density at radius 2 is 2.07 bits per heavy atom. The molecule has 0 atom stereocenters. The van der Waals surface area contributed by atoms with Crippen LogP contribution in [0.3, 0.4) is 0 Å². The molecule has 0 amide bonds. The van der Waals surface area contributed by atoms with Crippen molar-refractivity contribution < 1.29 is 9.84 Å². The van der Waals surface area contributed by atoms with Crippen molar-refractivity contribution >= 4 is 5.69 Å². The summed E-state index contributed by atoms with van der Waals surface area (Å²) >= 11 is 0. The van der Waals surface area contributed by atoms with Gasteiger partial charge in [0.05, 0.1) is 5.60 Å². The number of aliphatic hydroxyl groups is 1. The van der Waals surface area contributed by atoms with Crippen molar-refractivity contribution in [2.24, 2.45) is 0 Å². The van der Waals surface area contributed by atoms with Crippen LogP contribution in [0.25, 0.3) is 0 Å². The van der Waals surface area contributed by atoms with Crippen LogP contribution in [0.15, 0.2) is 18.2 Å². The average Bonchev–Trinajstić information content (AvgIpc) is 2.14. The van der Waals surface area contributed by atoms with Gasteiger partial charge in [-0.2, -0.15) is 0 Å². The highest BCUT2D eigenvalue weighted by Gasteiger charge is 2.14. The normalized spacial score (nSPS) is 11.5. The quantitative estimate of drug-likeness (QED) is 0.745. The van der Waals surface area contributed by atoms with Crippen LogP contribution >= 0.6 is 0 Å². The van der Waals surface area contributed by atoms with E-state index < -0.39 is 5.60 Å². The van der Waals surface area contributed by atoms with Crippen LogP contribution in [0, 0.1) is 0 Å². The Morgan fingerprint density at radius 1 is 1.40 bits per heavy atom. The number of rotatable bonds is 4. The van der Waals surface area contributed by atoms with Crippen molar-refractivity contribution in [2.45, 2.75) is 32.8 Å². The lowest BCUT2D eigenvalue weighted by Gasteiger charge is -2.19. The Bertz CT molecular complexity index is 329. The number of hydrogen-bond donors (Lipinski definition) is 2. The molecule has 0 heterocycles. The first-order valence-electron chi connectivity index (χ1n) is 5.16. The Balaban J connectivity index is 2.76. The summed E-state index contributed by atoms with van der Waals surface area (Å²) in [5, 5.41) is 9.55. The van der Waals surface area contributed by atoms with Crippen molar-refractivity contribution in [1.29, 1.82) is 0 Å². The van der Waals surface area contributed by atoms with Crippen molar-refractivity contribution in [2.75, 3.05) is 12.3 Å². The van der Waals surface area contributed by atoms with E-state index in [1.54, 1.807) is 19.9 Å². The maximum atomic E-state index is 9.55. The van der Waals surface area contributed by atoms with Gasteiger partial charge in [0.25, 0.3) is 0 Å². The third-order valence-corrected chi connectivity index (χ3v) is 2.05. The highest BCUT2D eigenvalue weighted by molar-refractivity contribution is 5.47. The number of aryl methyl sites for hydroxylation is 1. The SMILES string of the molecule is CCc1cc(N)ccc1OCC(C)(C)O. The van der Waals surface area contributed by atoms with Gasteiger partial charge in [-0.05, 0) is 44.0 Å². The molecule has 0 radical (unpaired) electrons. The Labute approximate surface area is 90.9 Å². The molecule has 0 bridgehead atoms. The maximum absolute atomic E-state index is 9.55. The number of nitrogen functional groups attached to an aromatic ring is 1. The molecular formula is C12H19NO2. The van der Waals surface area contributed by atoms with Gasteiger partial charge in [0.2, 0.25) is 0 Å². The lowest BCUT2D eigenvalue weighted by Crippen LogP contribution is -2.28. The van der Waals surface area contributed by atoms with E-state index in [-0.39, 0.29) is 6.61 Å². The summed E-state index contributed by atoms with van der Waals surface area (Å²) < 4.78 is 5.54. The predicted octanol–water partition coefficient (Wildman–Crippen LogP) is 1.98. The molecule has 3 nitrogen and oxygen atoms in total. The van der Waals surface area contributed by atoms with E-state index in [1.807, 2.05) is 19.1 Å². The molecule has 1 rings (SSSR count). The third kappa shape index (κ3) is 3.80. The molecule has 15 heavy (non-hydrogen) atoms. The molecule has 0 aliphatic carbocycles. The molecule has 3 heteroatoms. The van der Waals surface area contributed by atoms with E-state index in [0.717, 1.165) is 23.4 Å². The fourth-order valence-electron chi connectivity index (χ4n) is 1.27. The average molecular weight is 209 g/mol. The first-order valence-corrected chi connectivity index (χ1v) is 5.16. The molecule has 1 aromatic carbocycles. The minimum atomic E-state index is -0.813. The van der Waals surface area contributed by atoms with E-state index in [1.165, 1.54) is 0 Å².